The van der Waals surface area contributed by atoms with Crippen LogP contribution in [-0.4, -0.2) is 5.91 Å². The second kappa shape index (κ2) is 3.93. The molecule has 0 saturated heterocycles. The Balaban J connectivity index is 2.64. The lowest BCUT2D eigenvalue weighted by molar-refractivity contribution is 0.0964. The molecule has 1 aromatic carbocycles. The summed E-state index contributed by atoms with van der Waals surface area (Å²) in [4.78, 5) is 11.9. The molecule has 0 saturated carbocycles. The van der Waals surface area contributed by atoms with Crippen molar-refractivity contribution in [3.8, 4) is 0 Å². The second-order valence-electron chi connectivity index (χ2n) is 5.09. The molecule has 0 atom stereocenters. The van der Waals surface area contributed by atoms with Gasteiger partial charge in [0.25, 0.3) is 5.91 Å². The van der Waals surface area contributed by atoms with Crippen LogP contribution in [0.5, 0.6) is 0 Å². The predicted molar refractivity (Wildman–Crippen MR) is 65.8 cm³/mol. The van der Waals surface area contributed by atoms with Crippen LogP contribution in [0.15, 0.2) is 12.1 Å². The third kappa shape index (κ3) is 1.62. The summed E-state index contributed by atoms with van der Waals surface area (Å²) in [5, 5.41) is 2.94. The lowest BCUT2D eigenvalue weighted by atomic mass is 9.88. The van der Waals surface area contributed by atoms with E-state index in [9.17, 15) is 4.79 Å². The average Bonchev–Trinajstić information content (AvgIpc) is 2.59. The summed E-state index contributed by atoms with van der Waals surface area (Å²) in [6, 6.07) is 4.29. The van der Waals surface area contributed by atoms with Gasteiger partial charge in [-0.2, -0.15) is 0 Å². The van der Waals surface area contributed by atoms with E-state index in [1.807, 2.05) is 0 Å². The fraction of sp³-hybridized carbons (Fsp3) is 0.500. The lowest BCUT2D eigenvalue weighted by Gasteiger charge is -2.15. The maximum absolute atomic E-state index is 11.9. The van der Waals surface area contributed by atoms with Gasteiger partial charge in [0.15, 0.2) is 0 Å². The minimum Gasteiger partial charge on any atom is -0.348 e. The number of carbonyl (C=O) groups is 1. The Hall–Kier alpha value is -1.31. The number of fused-ring (bicyclic) bond motifs is 1. The third-order valence-electron chi connectivity index (χ3n) is 3.28. The Morgan fingerprint density at radius 1 is 1.06 bits per heavy atom. The SMILES string of the molecule is CC(C)c1ccc(C(C)C)c2c1CNC2=O. The molecular formula is C14H19NO. The number of nitrogens with one attached hydrogen (secondary N) is 1. The van der Waals surface area contributed by atoms with Crippen molar-refractivity contribution in [2.75, 3.05) is 0 Å². The van der Waals surface area contributed by atoms with Gasteiger partial charge in [0.1, 0.15) is 0 Å². The summed E-state index contributed by atoms with van der Waals surface area (Å²) in [6.07, 6.45) is 0. The second-order valence-corrected chi connectivity index (χ2v) is 5.09. The molecule has 1 heterocycles. The molecule has 1 N–H and O–H groups in total. The molecule has 0 bridgehead atoms. The number of hydrogen-bond donors (Lipinski definition) is 1. The fourth-order valence-electron chi connectivity index (χ4n) is 2.42. The quantitative estimate of drug-likeness (QED) is 0.810. The Labute approximate surface area is 97.1 Å². The Bertz CT molecular complexity index is 433. The molecule has 1 aliphatic heterocycles. The first kappa shape index (κ1) is 11.2. The summed E-state index contributed by atoms with van der Waals surface area (Å²) < 4.78 is 0. The number of carbonyl (C=O) groups excluding carboxylic acids is 1. The van der Waals surface area contributed by atoms with Crippen LogP contribution in [0.2, 0.25) is 0 Å². The van der Waals surface area contributed by atoms with Crippen LogP contribution in [0, 0.1) is 0 Å². The molecule has 0 aromatic heterocycles. The molecule has 1 aliphatic rings. The molecule has 2 nitrogen and oxygen atoms in total. The lowest BCUT2D eigenvalue weighted by Crippen LogP contribution is -2.14. The van der Waals surface area contributed by atoms with Gasteiger partial charge < -0.3 is 5.32 Å². The van der Waals surface area contributed by atoms with Crippen LogP contribution in [0.25, 0.3) is 0 Å². The summed E-state index contributed by atoms with van der Waals surface area (Å²) in [7, 11) is 0. The van der Waals surface area contributed by atoms with Gasteiger partial charge in [0.2, 0.25) is 0 Å². The fourth-order valence-corrected chi connectivity index (χ4v) is 2.42. The zero-order chi connectivity index (χ0) is 11.9. The van der Waals surface area contributed by atoms with Gasteiger partial charge in [0.05, 0.1) is 0 Å². The van der Waals surface area contributed by atoms with Gasteiger partial charge in [-0.1, -0.05) is 39.8 Å². The number of amides is 1. The van der Waals surface area contributed by atoms with Gasteiger partial charge in [-0.05, 0) is 28.5 Å². The van der Waals surface area contributed by atoms with Gasteiger partial charge in [-0.25, -0.2) is 0 Å². The van der Waals surface area contributed by atoms with Crippen molar-refractivity contribution in [2.24, 2.45) is 0 Å². The van der Waals surface area contributed by atoms with E-state index in [2.05, 4.69) is 45.1 Å². The largest absolute Gasteiger partial charge is 0.348 e. The number of hydrogen-bond acceptors (Lipinski definition) is 1. The third-order valence-corrected chi connectivity index (χ3v) is 3.28. The highest BCUT2D eigenvalue weighted by Gasteiger charge is 2.26. The van der Waals surface area contributed by atoms with Crippen molar-refractivity contribution >= 4 is 5.91 Å². The van der Waals surface area contributed by atoms with E-state index in [-0.39, 0.29) is 5.91 Å². The molecule has 0 aliphatic carbocycles. The summed E-state index contributed by atoms with van der Waals surface area (Å²) in [6.45, 7) is 9.32. The van der Waals surface area contributed by atoms with Crippen molar-refractivity contribution < 1.29 is 4.79 Å². The van der Waals surface area contributed by atoms with Crippen LogP contribution in [0.4, 0.5) is 0 Å². The number of rotatable bonds is 2. The van der Waals surface area contributed by atoms with Crippen LogP contribution >= 0.6 is 0 Å². The molecule has 0 spiro atoms. The Morgan fingerprint density at radius 3 is 2.19 bits per heavy atom. The van der Waals surface area contributed by atoms with E-state index in [1.165, 1.54) is 16.7 Å². The molecular weight excluding hydrogens is 198 g/mol. The molecule has 2 heteroatoms. The van der Waals surface area contributed by atoms with Gasteiger partial charge >= 0.3 is 0 Å². The van der Waals surface area contributed by atoms with Crippen LogP contribution < -0.4 is 5.32 Å². The topological polar surface area (TPSA) is 29.1 Å². The van der Waals surface area contributed by atoms with Crippen LogP contribution in [0.1, 0.15) is 66.6 Å². The average molecular weight is 217 g/mol. The van der Waals surface area contributed by atoms with E-state index in [0.717, 1.165) is 5.56 Å². The molecule has 0 fully saturated rings. The zero-order valence-corrected chi connectivity index (χ0v) is 10.4. The van der Waals surface area contributed by atoms with E-state index < -0.39 is 0 Å². The first-order chi connectivity index (χ1) is 7.52. The maximum Gasteiger partial charge on any atom is 0.252 e. The normalized spacial score (nSPS) is 14.5. The van der Waals surface area contributed by atoms with Crippen molar-refractivity contribution in [3.63, 3.8) is 0 Å². The minimum absolute atomic E-state index is 0.0983. The Morgan fingerprint density at radius 2 is 1.62 bits per heavy atom. The molecule has 16 heavy (non-hydrogen) atoms. The first-order valence-electron chi connectivity index (χ1n) is 5.96. The molecule has 1 aromatic rings. The molecule has 2 rings (SSSR count). The van der Waals surface area contributed by atoms with E-state index in [0.29, 0.717) is 18.4 Å². The van der Waals surface area contributed by atoms with Crippen molar-refractivity contribution in [3.05, 3.63) is 34.4 Å². The van der Waals surface area contributed by atoms with E-state index >= 15 is 0 Å². The number of benzene rings is 1. The van der Waals surface area contributed by atoms with E-state index in [4.69, 9.17) is 0 Å². The van der Waals surface area contributed by atoms with Crippen molar-refractivity contribution in [1.82, 2.24) is 5.32 Å². The molecule has 86 valence electrons. The predicted octanol–water partition coefficient (Wildman–Crippen LogP) is 3.18. The standard InChI is InChI=1S/C14H19NO/c1-8(2)10-5-6-11(9(3)4)13-12(10)7-15-14(13)16/h5-6,8-9H,7H2,1-4H3,(H,15,16). The molecule has 0 radical (unpaired) electrons. The highest BCUT2D eigenvalue weighted by molar-refractivity contribution is 6.00. The van der Waals surface area contributed by atoms with Crippen molar-refractivity contribution in [2.45, 2.75) is 46.1 Å². The van der Waals surface area contributed by atoms with Crippen LogP contribution in [0.3, 0.4) is 0 Å². The van der Waals surface area contributed by atoms with E-state index in [1.54, 1.807) is 0 Å². The smallest absolute Gasteiger partial charge is 0.252 e. The highest BCUT2D eigenvalue weighted by atomic mass is 16.1. The van der Waals surface area contributed by atoms with Crippen LogP contribution in [-0.2, 0) is 6.54 Å². The zero-order valence-electron chi connectivity index (χ0n) is 10.4. The molecule has 1 amide bonds. The molecule has 0 unspecified atom stereocenters. The summed E-state index contributed by atoms with van der Waals surface area (Å²) >= 11 is 0. The van der Waals surface area contributed by atoms with Gasteiger partial charge in [-0.15, -0.1) is 0 Å². The summed E-state index contributed by atoms with van der Waals surface area (Å²) in [5.74, 6) is 0.975. The van der Waals surface area contributed by atoms with Gasteiger partial charge in [0, 0.05) is 12.1 Å². The highest BCUT2D eigenvalue weighted by Crippen LogP contribution is 2.32. The van der Waals surface area contributed by atoms with Crippen molar-refractivity contribution in [1.29, 1.82) is 0 Å². The van der Waals surface area contributed by atoms with Gasteiger partial charge in [-0.3, -0.25) is 4.79 Å². The monoisotopic (exact) mass is 217 g/mol. The Kier molecular flexibility index (Phi) is 2.75. The first-order valence-corrected chi connectivity index (χ1v) is 5.96. The minimum atomic E-state index is 0.0983. The maximum atomic E-state index is 11.9. The summed E-state index contributed by atoms with van der Waals surface area (Å²) in [5.41, 5.74) is 4.62.